The topological polar surface area (TPSA) is 222 Å². The van der Waals surface area contributed by atoms with Gasteiger partial charge < -0.3 is 41.8 Å². The van der Waals surface area contributed by atoms with Crippen molar-refractivity contribution in [1.82, 2.24) is 21.3 Å². The third-order valence-electron chi connectivity index (χ3n) is 7.37. The summed E-state index contributed by atoms with van der Waals surface area (Å²) in [6, 6.07) is 8.30. The minimum Gasteiger partial charge on any atom is -0.508 e. The third kappa shape index (κ3) is 11.0. The molecule has 1 heterocycles. The van der Waals surface area contributed by atoms with Crippen LogP contribution in [-0.2, 0) is 30.4 Å². The fourth-order valence-electron chi connectivity index (χ4n) is 4.80. The van der Waals surface area contributed by atoms with Crippen molar-refractivity contribution in [1.29, 1.82) is 0 Å². The molecule has 0 saturated heterocycles. The molecule has 0 unspecified atom stereocenters. The summed E-state index contributed by atoms with van der Waals surface area (Å²) < 4.78 is 5.26. The van der Waals surface area contributed by atoms with Crippen LogP contribution in [0.3, 0.4) is 0 Å². The van der Waals surface area contributed by atoms with Crippen molar-refractivity contribution in [2.45, 2.75) is 77.5 Å². The average molecular weight is 651 g/mol. The number of carbonyl (C=O) groups is 5. The van der Waals surface area contributed by atoms with Crippen LogP contribution in [0.4, 0.5) is 5.69 Å². The lowest BCUT2D eigenvalue weighted by molar-refractivity contribution is -0.133. The van der Waals surface area contributed by atoms with Crippen LogP contribution in [0.2, 0.25) is 0 Å². The number of aromatic hydroxyl groups is 1. The number of phenols is 1. The lowest BCUT2D eigenvalue weighted by Gasteiger charge is -2.24. The molecule has 4 atom stereocenters. The van der Waals surface area contributed by atoms with Gasteiger partial charge in [0.1, 0.15) is 35.5 Å². The van der Waals surface area contributed by atoms with E-state index in [2.05, 4.69) is 26.6 Å². The molecule has 14 heteroatoms. The van der Waals surface area contributed by atoms with Gasteiger partial charge in [-0.15, -0.1) is 0 Å². The largest absolute Gasteiger partial charge is 0.508 e. The number of aryl methyl sites for hydroxylation is 1. The molecule has 0 radical (unpaired) electrons. The first kappa shape index (κ1) is 36.2. The minimum absolute atomic E-state index is 0.0522. The van der Waals surface area contributed by atoms with Crippen molar-refractivity contribution >= 4 is 46.2 Å². The molecular weight excluding hydrogens is 608 g/mol. The molecule has 0 saturated carbocycles. The Bertz CT molecular complexity index is 1660. The molecule has 0 fully saturated rings. The summed E-state index contributed by atoms with van der Waals surface area (Å²) in [5, 5.41) is 23.3. The third-order valence-corrected chi connectivity index (χ3v) is 7.37. The summed E-state index contributed by atoms with van der Waals surface area (Å²) in [7, 11) is 0. The second-order valence-electron chi connectivity index (χ2n) is 11.4. The van der Waals surface area contributed by atoms with E-state index in [1.165, 1.54) is 45.0 Å². The zero-order chi connectivity index (χ0) is 34.7. The van der Waals surface area contributed by atoms with Crippen LogP contribution in [0.1, 0.15) is 51.2 Å². The predicted molar refractivity (Wildman–Crippen MR) is 175 cm³/mol. The van der Waals surface area contributed by atoms with Crippen LogP contribution >= 0.6 is 0 Å². The van der Waals surface area contributed by atoms with Crippen molar-refractivity contribution < 1.29 is 33.5 Å². The van der Waals surface area contributed by atoms with Crippen molar-refractivity contribution in [3.63, 3.8) is 0 Å². The Morgan fingerprint density at radius 2 is 1.45 bits per heavy atom. The smallest absolute Gasteiger partial charge is 0.336 e. The first-order chi connectivity index (χ1) is 22.3. The molecule has 0 spiro atoms. The van der Waals surface area contributed by atoms with E-state index in [1.54, 1.807) is 31.2 Å². The first-order valence-electron chi connectivity index (χ1n) is 15.3. The molecule has 0 aliphatic rings. The molecule has 0 bridgehead atoms. The Balaban J connectivity index is 1.62. The van der Waals surface area contributed by atoms with Crippen LogP contribution in [-0.4, -0.2) is 65.4 Å². The van der Waals surface area contributed by atoms with E-state index in [-0.39, 0.29) is 18.6 Å². The highest BCUT2D eigenvalue weighted by molar-refractivity contribution is 6.00. The average Bonchev–Trinajstić information content (AvgIpc) is 3.00. The number of hydrogen-bond donors (Lipinski definition) is 7. The molecule has 252 valence electrons. The molecule has 5 amide bonds. The molecule has 3 rings (SSSR count). The van der Waals surface area contributed by atoms with Gasteiger partial charge in [0.15, 0.2) is 0 Å². The molecule has 1 aromatic heterocycles. The number of carbonyl (C=O) groups excluding carboxylic acids is 5. The summed E-state index contributed by atoms with van der Waals surface area (Å²) in [5.41, 5.74) is 7.17. The van der Waals surface area contributed by atoms with Gasteiger partial charge >= 0.3 is 5.63 Å². The predicted octanol–water partition coefficient (Wildman–Crippen LogP) is 1.12. The Kier molecular flexibility index (Phi) is 13.0. The highest BCUT2D eigenvalue weighted by Gasteiger charge is 2.28. The van der Waals surface area contributed by atoms with E-state index < -0.39 is 59.3 Å². The quantitative estimate of drug-likeness (QED) is 0.0923. The summed E-state index contributed by atoms with van der Waals surface area (Å²) in [5.74, 6) is -2.82. The van der Waals surface area contributed by atoms with Crippen LogP contribution in [0, 0.1) is 6.92 Å². The van der Waals surface area contributed by atoms with Gasteiger partial charge in [-0.25, -0.2) is 4.79 Å². The molecule has 14 nitrogen and oxygen atoms in total. The van der Waals surface area contributed by atoms with Crippen molar-refractivity contribution in [2.75, 3.05) is 11.9 Å². The molecule has 47 heavy (non-hydrogen) atoms. The lowest BCUT2D eigenvalue weighted by Crippen LogP contribution is -2.56. The van der Waals surface area contributed by atoms with E-state index in [9.17, 15) is 33.9 Å². The highest BCUT2D eigenvalue weighted by Crippen LogP contribution is 2.21. The fourth-order valence-corrected chi connectivity index (χ4v) is 4.80. The maximum atomic E-state index is 13.2. The standard InChI is InChI=1S/C33H42N6O8/c1-18-15-29(42)47-28-17-23(10-13-25(18)28)38-32(45)26(7-5-6-14-34)39-31(44)20(3)35-30(43)19(2)36-33(46)27(37-21(4)40)16-22-8-11-24(41)12-9-22/h8-13,15,17,19-20,26-27,41H,5-7,14,16,34H2,1-4H3,(H,35,43)(H,36,46)(H,37,40)(H,38,45)(H,39,44)/t19-,20-,26-,27-/m0/s1. The molecule has 0 aliphatic carbocycles. The first-order valence-corrected chi connectivity index (χ1v) is 15.3. The SMILES string of the molecule is CC(=O)N[C@@H](Cc1ccc(O)cc1)C(=O)N[C@@H](C)C(=O)N[C@@H](C)C(=O)N[C@@H](CCCCN)C(=O)Nc1ccc2c(C)cc(=O)oc2c1. The van der Waals surface area contributed by atoms with Gasteiger partial charge in [0.25, 0.3) is 0 Å². The van der Waals surface area contributed by atoms with E-state index in [0.29, 0.717) is 41.6 Å². The van der Waals surface area contributed by atoms with Crippen LogP contribution in [0.25, 0.3) is 11.0 Å². The van der Waals surface area contributed by atoms with E-state index in [0.717, 1.165) is 5.56 Å². The number of phenolic OH excluding ortho intramolecular Hbond substituents is 1. The van der Waals surface area contributed by atoms with Gasteiger partial charge in [0, 0.05) is 36.6 Å². The highest BCUT2D eigenvalue weighted by atomic mass is 16.4. The lowest BCUT2D eigenvalue weighted by atomic mass is 10.0. The Morgan fingerprint density at radius 3 is 2.09 bits per heavy atom. The number of fused-ring (bicyclic) bond motifs is 1. The van der Waals surface area contributed by atoms with Crippen LogP contribution in [0.15, 0.2) is 57.7 Å². The minimum atomic E-state index is -1.08. The van der Waals surface area contributed by atoms with E-state index in [1.807, 2.05) is 0 Å². The van der Waals surface area contributed by atoms with E-state index in [4.69, 9.17) is 10.2 Å². The molecule has 3 aromatic rings. The molecule has 8 N–H and O–H groups in total. The van der Waals surface area contributed by atoms with E-state index >= 15 is 0 Å². The number of amides is 5. The van der Waals surface area contributed by atoms with Gasteiger partial charge in [0.2, 0.25) is 29.5 Å². The second-order valence-corrected chi connectivity index (χ2v) is 11.4. The van der Waals surface area contributed by atoms with Gasteiger partial charge in [-0.05, 0) is 82.0 Å². The van der Waals surface area contributed by atoms with Gasteiger partial charge in [-0.2, -0.15) is 0 Å². The maximum absolute atomic E-state index is 13.2. The molecule has 2 aromatic carbocycles. The number of unbranched alkanes of at least 4 members (excludes halogenated alkanes) is 1. The Morgan fingerprint density at radius 1 is 0.809 bits per heavy atom. The van der Waals surface area contributed by atoms with Gasteiger partial charge in [-0.3, -0.25) is 24.0 Å². The Labute approximate surface area is 271 Å². The zero-order valence-electron chi connectivity index (χ0n) is 26.8. The second kappa shape index (κ2) is 16.9. The van der Waals surface area contributed by atoms with Gasteiger partial charge in [0.05, 0.1) is 0 Å². The van der Waals surface area contributed by atoms with Crippen molar-refractivity contribution in [2.24, 2.45) is 5.73 Å². The number of benzene rings is 2. The zero-order valence-corrected chi connectivity index (χ0v) is 26.8. The molecule has 0 aliphatic heterocycles. The van der Waals surface area contributed by atoms with Crippen LogP contribution < -0.4 is 37.9 Å². The number of nitrogens with one attached hydrogen (secondary N) is 5. The fraction of sp³-hybridized carbons (Fsp3) is 0.394. The van der Waals surface area contributed by atoms with Crippen LogP contribution in [0.5, 0.6) is 5.75 Å². The normalized spacial score (nSPS) is 13.5. The maximum Gasteiger partial charge on any atom is 0.336 e. The Hall–Kier alpha value is -5.24. The number of rotatable bonds is 15. The summed E-state index contributed by atoms with van der Waals surface area (Å²) in [6.07, 6.45) is 1.55. The number of hydrogen-bond acceptors (Lipinski definition) is 9. The summed E-state index contributed by atoms with van der Waals surface area (Å²) in [4.78, 5) is 75.8. The molecular formula is C33H42N6O8. The summed E-state index contributed by atoms with van der Waals surface area (Å²) >= 11 is 0. The van der Waals surface area contributed by atoms with Crippen molar-refractivity contribution in [3.8, 4) is 5.75 Å². The summed E-state index contributed by atoms with van der Waals surface area (Å²) in [6.45, 7) is 6.31. The number of nitrogens with two attached hydrogens (primary N) is 1. The number of anilines is 1. The monoisotopic (exact) mass is 650 g/mol. The van der Waals surface area contributed by atoms with Crippen molar-refractivity contribution in [3.05, 3.63) is 70.1 Å². The van der Waals surface area contributed by atoms with Gasteiger partial charge in [-0.1, -0.05) is 12.1 Å².